The molecule has 1 atom stereocenters. The Morgan fingerprint density at radius 3 is 2.47 bits per heavy atom. The maximum absolute atomic E-state index is 12.5. The largest absolute Gasteiger partial charge is 0.394 e. The maximum atomic E-state index is 12.5. The van der Waals surface area contributed by atoms with Gasteiger partial charge in [0.15, 0.2) is 5.96 Å². The summed E-state index contributed by atoms with van der Waals surface area (Å²) in [7, 11) is 0. The molecule has 1 rings (SSSR count). The number of amides is 1. The van der Waals surface area contributed by atoms with Gasteiger partial charge in [0, 0.05) is 31.5 Å². The lowest BCUT2D eigenvalue weighted by Gasteiger charge is -2.35. The van der Waals surface area contributed by atoms with Crippen LogP contribution in [-0.4, -0.2) is 72.5 Å². The van der Waals surface area contributed by atoms with E-state index in [1.54, 1.807) is 6.20 Å². The lowest BCUT2D eigenvalue weighted by Crippen LogP contribution is -2.43. The van der Waals surface area contributed by atoms with Crippen molar-refractivity contribution >= 4 is 11.9 Å². The summed E-state index contributed by atoms with van der Waals surface area (Å²) in [5.74, 6) is 1.47. The first-order valence-corrected chi connectivity index (χ1v) is 13.2. The Hall–Kier alpha value is -2.42. The van der Waals surface area contributed by atoms with Crippen LogP contribution < -0.4 is 11.1 Å². The number of carbonyl (C=O) groups is 1. The Balaban J connectivity index is 2.45. The van der Waals surface area contributed by atoms with E-state index in [1.165, 1.54) is 0 Å². The fourth-order valence-electron chi connectivity index (χ4n) is 4.15. The highest BCUT2D eigenvalue weighted by Crippen LogP contribution is 2.27. The molecule has 1 saturated heterocycles. The third kappa shape index (κ3) is 11.1. The summed E-state index contributed by atoms with van der Waals surface area (Å²) < 4.78 is 5.85. The van der Waals surface area contributed by atoms with Gasteiger partial charge in [-0.15, -0.1) is 0 Å². The minimum atomic E-state index is -0.665. The summed E-state index contributed by atoms with van der Waals surface area (Å²) in [5.41, 5.74) is 8.62. The van der Waals surface area contributed by atoms with E-state index in [1.807, 2.05) is 32.1 Å². The van der Waals surface area contributed by atoms with Gasteiger partial charge < -0.3 is 30.9 Å². The van der Waals surface area contributed by atoms with Crippen molar-refractivity contribution in [3.63, 3.8) is 0 Å². The first kappa shape index (κ1) is 31.6. The number of piperidine rings is 1. The molecule has 5 N–H and O–H groups in total. The average Bonchev–Trinajstić information content (AvgIpc) is 2.90. The zero-order valence-corrected chi connectivity index (χ0v) is 22.7. The number of ether oxygens (including phenoxy) is 1. The molecule has 1 aliphatic heterocycles. The molecule has 8 nitrogen and oxygen atoms in total. The standard InChI is InChI=1S/C28H48N4O4/c1-6-9-26(27(35)31-25(19-33)20-34)22(5)13-17-36-16-12-21(4)24-10-14-32(15-11-24)28(29)30-18-23(7-2)8-3/h7,9,13,18,21,24-25,33-34H,2,6,8,10-12,14-17,19-20H2,1,3-5H3,(H2,29,30)(H,31,35)/b22-13-,23-18+,26-9+/t21-/m1/s1. The van der Waals surface area contributed by atoms with Crippen LogP contribution >= 0.6 is 0 Å². The van der Waals surface area contributed by atoms with Gasteiger partial charge in [-0.2, -0.15) is 0 Å². The van der Waals surface area contributed by atoms with Crippen LogP contribution in [-0.2, 0) is 9.53 Å². The van der Waals surface area contributed by atoms with Crippen molar-refractivity contribution in [1.82, 2.24) is 10.2 Å². The average molecular weight is 505 g/mol. The van der Waals surface area contributed by atoms with Crippen molar-refractivity contribution < 1.29 is 19.7 Å². The van der Waals surface area contributed by atoms with E-state index in [9.17, 15) is 15.0 Å². The minimum absolute atomic E-state index is 0.299. The van der Waals surface area contributed by atoms with Crippen LogP contribution in [0.4, 0.5) is 0 Å². The fraction of sp³-hybridized carbons (Fsp3) is 0.643. The second kappa shape index (κ2) is 17.9. The summed E-state index contributed by atoms with van der Waals surface area (Å²) in [6.45, 7) is 14.3. The summed E-state index contributed by atoms with van der Waals surface area (Å²) >= 11 is 0. The van der Waals surface area contributed by atoms with Gasteiger partial charge in [0.1, 0.15) is 0 Å². The Kier molecular flexibility index (Phi) is 15.7. The van der Waals surface area contributed by atoms with Crippen LogP contribution in [0.1, 0.15) is 59.8 Å². The van der Waals surface area contributed by atoms with Crippen molar-refractivity contribution in [1.29, 1.82) is 0 Å². The van der Waals surface area contributed by atoms with E-state index in [2.05, 4.69) is 35.6 Å². The van der Waals surface area contributed by atoms with Gasteiger partial charge in [0.2, 0.25) is 0 Å². The molecule has 0 spiro atoms. The zero-order chi connectivity index (χ0) is 26.9. The summed E-state index contributed by atoms with van der Waals surface area (Å²) in [6.07, 6.45) is 12.1. The van der Waals surface area contributed by atoms with E-state index >= 15 is 0 Å². The highest BCUT2D eigenvalue weighted by atomic mass is 16.5. The van der Waals surface area contributed by atoms with Gasteiger partial charge >= 0.3 is 0 Å². The SMILES string of the molecule is C=C/C(=C\N=C(N)N1CCC([C@H](C)CCOC/C=C(C)\C(=C/CC)C(=O)NC(CO)CO)CC1)CC. The van der Waals surface area contributed by atoms with E-state index in [0.29, 0.717) is 43.0 Å². The number of guanidine groups is 1. The van der Waals surface area contributed by atoms with Gasteiger partial charge in [0.05, 0.1) is 25.9 Å². The first-order valence-electron chi connectivity index (χ1n) is 13.2. The molecule has 1 heterocycles. The second-order valence-electron chi connectivity index (χ2n) is 9.36. The molecule has 36 heavy (non-hydrogen) atoms. The van der Waals surface area contributed by atoms with Crippen LogP contribution in [0.15, 0.2) is 52.7 Å². The number of hydrogen-bond donors (Lipinski definition) is 4. The van der Waals surface area contributed by atoms with E-state index < -0.39 is 6.04 Å². The first-order chi connectivity index (χ1) is 17.3. The van der Waals surface area contributed by atoms with Crippen molar-refractivity contribution in [2.75, 3.05) is 39.5 Å². The summed E-state index contributed by atoms with van der Waals surface area (Å²) in [5, 5.41) is 21.1. The molecule has 0 aromatic heterocycles. The molecule has 0 bridgehead atoms. The number of aliphatic hydroxyl groups excluding tert-OH is 2. The molecule has 0 radical (unpaired) electrons. The van der Waals surface area contributed by atoms with Crippen LogP contribution in [0.2, 0.25) is 0 Å². The third-order valence-electron chi connectivity index (χ3n) is 6.78. The quantitative estimate of drug-likeness (QED) is 0.0893. The van der Waals surface area contributed by atoms with Gasteiger partial charge in [-0.05, 0) is 62.0 Å². The van der Waals surface area contributed by atoms with Crippen molar-refractivity contribution in [3.05, 3.63) is 47.7 Å². The monoisotopic (exact) mass is 504 g/mol. The number of rotatable bonds is 15. The van der Waals surface area contributed by atoms with Crippen LogP contribution in [0.5, 0.6) is 0 Å². The van der Waals surface area contributed by atoms with Gasteiger partial charge in [-0.3, -0.25) is 4.79 Å². The molecule has 0 aromatic rings. The molecule has 204 valence electrons. The van der Waals surface area contributed by atoms with Crippen molar-refractivity contribution in [3.8, 4) is 0 Å². The highest BCUT2D eigenvalue weighted by molar-refractivity contribution is 5.97. The summed E-state index contributed by atoms with van der Waals surface area (Å²) in [4.78, 5) is 19.1. The Morgan fingerprint density at radius 2 is 1.92 bits per heavy atom. The number of nitrogens with one attached hydrogen (secondary N) is 1. The molecular weight excluding hydrogens is 456 g/mol. The fourth-order valence-corrected chi connectivity index (χ4v) is 4.15. The number of aliphatic hydroxyl groups is 2. The van der Waals surface area contributed by atoms with Crippen molar-refractivity contribution in [2.24, 2.45) is 22.6 Å². The molecule has 8 heteroatoms. The van der Waals surface area contributed by atoms with Crippen molar-refractivity contribution in [2.45, 2.75) is 65.8 Å². The lowest BCUT2D eigenvalue weighted by molar-refractivity contribution is -0.118. The highest BCUT2D eigenvalue weighted by Gasteiger charge is 2.24. The zero-order valence-electron chi connectivity index (χ0n) is 22.7. The number of nitrogens with zero attached hydrogens (tertiary/aromatic N) is 2. The van der Waals surface area contributed by atoms with Crippen LogP contribution in [0.3, 0.4) is 0 Å². The Labute approximate surface area is 217 Å². The van der Waals surface area contributed by atoms with E-state index in [4.69, 9.17) is 10.5 Å². The molecule has 1 aliphatic rings. The predicted molar refractivity (Wildman–Crippen MR) is 147 cm³/mol. The molecule has 0 aromatic carbocycles. The molecule has 0 unspecified atom stereocenters. The topological polar surface area (TPSA) is 120 Å². The van der Waals surface area contributed by atoms with Gasteiger partial charge in [-0.25, -0.2) is 4.99 Å². The van der Waals surface area contributed by atoms with E-state index in [-0.39, 0.29) is 19.1 Å². The molecule has 0 saturated carbocycles. The second-order valence-corrected chi connectivity index (χ2v) is 9.36. The Bertz CT molecular complexity index is 791. The third-order valence-corrected chi connectivity index (χ3v) is 6.78. The van der Waals surface area contributed by atoms with Crippen LogP contribution in [0.25, 0.3) is 0 Å². The number of hydrogen-bond acceptors (Lipinski definition) is 5. The number of likely N-dealkylation sites (tertiary alicyclic amines) is 1. The van der Waals surface area contributed by atoms with Gasteiger partial charge in [-0.1, -0.05) is 45.6 Å². The molecule has 1 amide bonds. The lowest BCUT2D eigenvalue weighted by atomic mass is 9.84. The van der Waals surface area contributed by atoms with Crippen LogP contribution in [0, 0.1) is 11.8 Å². The predicted octanol–water partition coefficient (Wildman–Crippen LogP) is 3.29. The number of carbonyl (C=O) groups excluding carboxylic acids is 1. The number of nitrogens with two attached hydrogens (primary N) is 1. The Morgan fingerprint density at radius 1 is 1.25 bits per heavy atom. The molecule has 0 aliphatic carbocycles. The molecule has 1 fully saturated rings. The maximum Gasteiger partial charge on any atom is 0.251 e. The van der Waals surface area contributed by atoms with Gasteiger partial charge in [0.25, 0.3) is 5.91 Å². The number of allylic oxidation sites excluding steroid dienone is 3. The minimum Gasteiger partial charge on any atom is -0.394 e. The molecular formula is C28H48N4O4. The number of aliphatic imine (C=N–C) groups is 1. The summed E-state index contributed by atoms with van der Waals surface area (Å²) in [6, 6.07) is -0.665. The normalized spacial score (nSPS) is 17.5. The van der Waals surface area contributed by atoms with E-state index in [0.717, 1.165) is 49.9 Å². The smallest absolute Gasteiger partial charge is 0.251 e.